The van der Waals surface area contributed by atoms with Crippen LogP contribution in [0.1, 0.15) is 53.3 Å². The molecule has 1 heterocycles. The van der Waals surface area contributed by atoms with Crippen molar-refractivity contribution < 1.29 is 14.4 Å². The summed E-state index contributed by atoms with van der Waals surface area (Å²) in [7, 11) is 1.67. The summed E-state index contributed by atoms with van der Waals surface area (Å²) >= 11 is 0. The molecule has 0 radical (unpaired) electrons. The summed E-state index contributed by atoms with van der Waals surface area (Å²) in [5.41, 5.74) is 4.62. The van der Waals surface area contributed by atoms with Gasteiger partial charge in [-0.05, 0) is 66.9 Å². The molecule has 4 rings (SSSR count). The van der Waals surface area contributed by atoms with Crippen molar-refractivity contribution in [2.75, 3.05) is 11.9 Å². The summed E-state index contributed by atoms with van der Waals surface area (Å²) in [6, 6.07) is 19.3. The third kappa shape index (κ3) is 3.65. The van der Waals surface area contributed by atoms with E-state index in [0.29, 0.717) is 28.9 Å². The van der Waals surface area contributed by atoms with Crippen LogP contribution in [-0.2, 0) is 6.54 Å². The Balaban J connectivity index is 1.59. The Morgan fingerprint density at radius 3 is 2.31 bits per heavy atom. The average Bonchev–Trinajstić information content (AvgIpc) is 3.04. The second-order valence-corrected chi connectivity index (χ2v) is 7.97. The van der Waals surface area contributed by atoms with Gasteiger partial charge in [0.15, 0.2) is 0 Å². The zero-order valence-corrected chi connectivity index (χ0v) is 18.0. The Bertz CT molecular complexity index is 1300. The van der Waals surface area contributed by atoms with Crippen LogP contribution in [0.15, 0.2) is 60.7 Å². The van der Waals surface area contributed by atoms with Crippen LogP contribution in [0.2, 0.25) is 0 Å². The van der Waals surface area contributed by atoms with Crippen molar-refractivity contribution in [1.82, 2.24) is 4.90 Å². The van der Waals surface area contributed by atoms with Crippen molar-refractivity contribution in [3.05, 3.63) is 99.6 Å². The van der Waals surface area contributed by atoms with E-state index in [2.05, 4.69) is 6.07 Å². The van der Waals surface area contributed by atoms with Crippen molar-refractivity contribution in [3.63, 3.8) is 0 Å². The number of aryl methyl sites for hydroxylation is 2. The number of benzene rings is 3. The lowest BCUT2D eigenvalue weighted by Crippen LogP contribution is -2.30. The predicted octanol–water partition coefficient (Wildman–Crippen LogP) is 4.25. The van der Waals surface area contributed by atoms with Gasteiger partial charge in [-0.25, -0.2) is 4.90 Å². The number of nitrogens with zero attached hydrogens (tertiary/aromatic N) is 3. The molecule has 3 amide bonds. The number of carbonyl (C=O) groups excluding carboxylic acids is 3. The van der Waals surface area contributed by atoms with E-state index in [4.69, 9.17) is 5.26 Å². The highest BCUT2D eigenvalue weighted by Gasteiger charge is 2.38. The van der Waals surface area contributed by atoms with E-state index in [1.807, 2.05) is 32.0 Å². The van der Waals surface area contributed by atoms with Gasteiger partial charge in [0.05, 0.1) is 28.4 Å². The maximum Gasteiger partial charge on any atom is 0.266 e. The molecule has 0 aromatic heterocycles. The molecule has 0 saturated heterocycles. The number of imide groups is 1. The first-order valence-electron chi connectivity index (χ1n) is 10.1. The Labute approximate surface area is 186 Å². The first-order chi connectivity index (χ1) is 15.3. The van der Waals surface area contributed by atoms with Gasteiger partial charge in [-0.2, -0.15) is 5.26 Å². The number of hydrogen-bond acceptors (Lipinski definition) is 4. The summed E-state index contributed by atoms with van der Waals surface area (Å²) in [6.07, 6.45) is 0. The van der Waals surface area contributed by atoms with Crippen LogP contribution in [0.4, 0.5) is 5.69 Å². The van der Waals surface area contributed by atoms with Gasteiger partial charge in [0, 0.05) is 19.2 Å². The molecule has 0 N–H and O–H groups in total. The zero-order valence-electron chi connectivity index (χ0n) is 18.0. The molecule has 0 aliphatic carbocycles. The second-order valence-electron chi connectivity index (χ2n) is 7.97. The Hall–Kier alpha value is -4.24. The summed E-state index contributed by atoms with van der Waals surface area (Å²) in [4.78, 5) is 41.8. The summed E-state index contributed by atoms with van der Waals surface area (Å²) in [5.74, 6) is -1.07. The Morgan fingerprint density at radius 2 is 1.62 bits per heavy atom. The quantitative estimate of drug-likeness (QED) is 0.588. The van der Waals surface area contributed by atoms with Crippen LogP contribution in [0.25, 0.3) is 0 Å². The van der Waals surface area contributed by atoms with Crippen molar-refractivity contribution in [2.24, 2.45) is 0 Å². The number of rotatable bonds is 4. The summed E-state index contributed by atoms with van der Waals surface area (Å²) in [5, 5.41) is 8.91. The van der Waals surface area contributed by atoms with Gasteiger partial charge in [0.25, 0.3) is 17.7 Å². The molecule has 158 valence electrons. The summed E-state index contributed by atoms with van der Waals surface area (Å²) < 4.78 is 0. The van der Waals surface area contributed by atoms with E-state index in [-0.39, 0.29) is 17.4 Å². The lowest BCUT2D eigenvalue weighted by Gasteiger charge is -2.18. The van der Waals surface area contributed by atoms with Crippen LogP contribution in [0.3, 0.4) is 0 Å². The second kappa shape index (κ2) is 8.12. The molecule has 0 unspecified atom stereocenters. The standard InChI is InChI=1S/C26H21N3O3/c1-16-4-5-17(2)23(12-16)29-25(31)21-11-10-20(13-22(21)26(29)32)24(30)28(3)15-19-8-6-18(14-27)7-9-19/h4-13H,15H2,1-3H3. The molecule has 6 nitrogen and oxygen atoms in total. The van der Waals surface area contributed by atoms with E-state index < -0.39 is 5.91 Å². The lowest BCUT2D eigenvalue weighted by molar-refractivity contribution is 0.0784. The molecule has 0 saturated carbocycles. The molecular weight excluding hydrogens is 402 g/mol. The monoisotopic (exact) mass is 423 g/mol. The molecule has 1 aliphatic rings. The SMILES string of the molecule is Cc1ccc(C)c(N2C(=O)c3ccc(C(=O)N(C)Cc4ccc(C#N)cc4)cc3C2=O)c1. The van der Waals surface area contributed by atoms with Crippen molar-refractivity contribution in [3.8, 4) is 6.07 Å². The fraction of sp³-hybridized carbons (Fsp3) is 0.154. The fourth-order valence-electron chi connectivity index (χ4n) is 3.80. The number of carbonyl (C=O) groups is 3. The van der Waals surface area contributed by atoms with E-state index in [1.165, 1.54) is 15.9 Å². The number of fused-ring (bicyclic) bond motifs is 1. The van der Waals surface area contributed by atoms with Gasteiger partial charge >= 0.3 is 0 Å². The smallest absolute Gasteiger partial charge is 0.266 e. The minimum atomic E-state index is -0.428. The molecular formula is C26H21N3O3. The molecule has 3 aromatic carbocycles. The van der Waals surface area contributed by atoms with Crippen molar-refractivity contribution >= 4 is 23.4 Å². The van der Waals surface area contributed by atoms with Crippen LogP contribution in [0.5, 0.6) is 0 Å². The molecule has 1 aliphatic heterocycles. The highest BCUT2D eigenvalue weighted by molar-refractivity contribution is 6.35. The maximum atomic E-state index is 13.1. The van der Waals surface area contributed by atoms with Gasteiger partial charge in [-0.15, -0.1) is 0 Å². The molecule has 0 spiro atoms. The van der Waals surface area contributed by atoms with Gasteiger partial charge in [-0.1, -0.05) is 24.3 Å². The van der Waals surface area contributed by atoms with Crippen LogP contribution in [-0.4, -0.2) is 29.7 Å². The number of hydrogen-bond donors (Lipinski definition) is 0. The van der Waals surface area contributed by atoms with E-state index in [9.17, 15) is 14.4 Å². The van der Waals surface area contributed by atoms with Crippen molar-refractivity contribution in [2.45, 2.75) is 20.4 Å². The van der Waals surface area contributed by atoms with Gasteiger partial charge in [-0.3, -0.25) is 14.4 Å². The van der Waals surface area contributed by atoms with E-state index >= 15 is 0 Å². The molecule has 6 heteroatoms. The maximum absolute atomic E-state index is 13.1. The highest BCUT2D eigenvalue weighted by atomic mass is 16.2. The molecule has 3 aromatic rings. The van der Waals surface area contributed by atoms with Crippen LogP contribution >= 0.6 is 0 Å². The van der Waals surface area contributed by atoms with Crippen LogP contribution < -0.4 is 4.90 Å². The third-order valence-corrected chi connectivity index (χ3v) is 5.59. The largest absolute Gasteiger partial charge is 0.337 e. The topological polar surface area (TPSA) is 81.5 Å². The highest BCUT2D eigenvalue weighted by Crippen LogP contribution is 2.32. The fourth-order valence-corrected chi connectivity index (χ4v) is 3.80. The number of nitriles is 1. The number of amides is 3. The number of anilines is 1. The molecule has 32 heavy (non-hydrogen) atoms. The van der Waals surface area contributed by atoms with Gasteiger partial charge in [0.1, 0.15) is 0 Å². The Morgan fingerprint density at radius 1 is 0.938 bits per heavy atom. The van der Waals surface area contributed by atoms with E-state index in [0.717, 1.165) is 16.7 Å². The average molecular weight is 423 g/mol. The zero-order chi connectivity index (χ0) is 23.0. The Kier molecular flexibility index (Phi) is 5.33. The minimum Gasteiger partial charge on any atom is -0.337 e. The molecule has 0 atom stereocenters. The first kappa shape index (κ1) is 21.0. The van der Waals surface area contributed by atoms with Crippen molar-refractivity contribution in [1.29, 1.82) is 5.26 Å². The normalized spacial score (nSPS) is 12.5. The van der Waals surface area contributed by atoms with Gasteiger partial charge in [0.2, 0.25) is 0 Å². The van der Waals surface area contributed by atoms with Crippen LogP contribution in [0, 0.1) is 25.2 Å². The lowest BCUT2D eigenvalue weighted by atomic mass is 10.0. The molecule has 0 bridgehead atoms. The predicted molar refractivity (Wildman–Crippen MR) is 120 cm³/mol. The first-order valence-corrected chi connectivity index (χ1v) is 10.1. The minimum absolute atomic E-state index is 0.230. The molecule has 0 fully saturated rings. The van der Waals surface area contributed by atoms with Gasteiger partial charge < -0.3 is 4.90 Å². The summed E-state index contributed by atoms with van der Waals surface area (Å²) in [6.45, 7) is 4.11. The third-order valence-electron chi connectivity index (χ3n) is 5.59. The van der Waals surface area contributed by atoms with E-state index in [1.54, 1.807) is 43.4 Å².